The van der Waals surface area contributed by atoms with Crippen molar-refractivity contribution in [2.75, 3.05) is 13.1 Å². The minimum absolute atomic E-state index is 0.196. The van der Waals surface area contributed by atoms with Crippen LogP contribution in [0.4, 0.5) is 0 Å². The van der Waals surface area contributed by atoms with Crippen molar-refractivity contribution in [1.29, 1.82) is 0 Å². The van der Waals surface area contributed by atoms with Gasteiger partial charge >= 0.3 is 0 Å². The smallest absolute Gasteiger partial charge is 0.133 e. The van der Waals surface area contributed by atoms with E-state index in [2.05, 4.69) is 44.3 Å². The van der Waals surface area contributed by atoms with Crippen LogP contribution in [0.2, 0.25) is 0 Å². The highest BCUT2D eigenvalue weighted by atomic mass is 16.3. The second-order valence-corrected chi connectivity index (χ2v) is 4.87. The van der Waals surface area contributed by atoms with E-state index in [1.54, 1.807) is 6.26 Å². The van der Waals surface area contributed by atoms with Gasteiger partial charge in [0.05, 0.1) is 6.26 Å². The van der Waals surface area contributed by atoms with Crippen LogP contribution >= 0.6 is 0 Å². The highest BCUT2D eigenvalue weighted by molar-refractivity contribution is 5.78. The van der Waals surface area contributed by atoms with Crippen LogP contribution in [-0.4, -0.2) is 13.1 Å². The average Bonchev–Trinajstić information content (AvgIpc) is 2.83. The first-order valence-electron chi connectivity index (χ1n) is 6.38. The molecule has 0 aliphatic carbocycles. The standard InChI is InChI=1S/C15H21NO/c1-4-15(3,11-16-5-2)13-6-7-14-12(10-13)8-9-17-14/h6-10,16H,4-5,11H2,1-3H3. The van der Waals surface area contributed by atoms with E-state index >= 15 is 0 Å². The fraction of sp³-hybridized carbons (Fsp3) is 0.467. The monoisotopic (exact) mass is 231 g/mol. The van der Waals surface area contributed by atoms with Crippen LogP contribution in [-0.2, 0) is 5.41 Å². The average molecular weight is 231 g/mol. The highest BCUT2D eigenvalue weighted by Gasteiger charge is 2.24. The first-order chi connectivity index (χ1) is 8.19. The zero-order chi connectivity index (χ0) is 12.3. The fourth-order valence-corrected chi connectivity index (χ4v) is 2.17. The Balaban J connectivity index is 2.34. The molecule has 1 aromatic heterocycles. The van der Waals surface area contributed by atoms with E-state index < -0.39 is 0 Å². The molecule has 0 amide bonds. The lowest BCUT2D eigenvalue weighted by molar-refractivity contribution is 0.423. The molecule has 0 aliphatic rings. The summed E-state index contributed by atoms with van der Waals surface area (Å²) >= 11 is 0. The Labute approximate surface area is 103 Å². The van der Waals surface area contributed by atoms with Crippen molar-refractivity contribution in [1.82, 2.24) is 5.32 Å². The van der Waals surface area contributed by atoms with Crippen LogP contribution < -0.4 is 5.32 Å². The molecule has 0 spiro atoms. The van der Waals surface area contributed by atoms with Crippen LogP contribution in [0.1, 0.15) is 32.8 Å². The number of hydrogen-bond donors (Lipinski definition) is 1. The second kappa shape index (κ2) is 4.92. The van der Waals surface area contributed by atoms with Gasteiger partial charge in [-0.05, 0) is 36.7 Å². The Morgan fingerprint density at radius 2 is 2.06 bits per heavy atom. The SMILES string of the molecule is CCNCC(C)(CC)c1ccc2occc2c1. The third kappa shape index (κ3) is 2.37. The lowest BCUT2D eigenvalue weighted by atomic mass is 9.79. The summed E-state index contributed by atoms with van der Waals surface area (Å²) in [5.41, 5.74) is 2.55. The molecule has 1 heterocycles. The molecule has 92 valence electrons. The van der Waals surface area contributed by atoms with Crippen LogP contribution in [0.3, 0.4) is 0 Å². The van der Waals surface area contributed by atoms with E-state index in [-0.39, 0.29) is 5.41 Å². The second-order valence-electron chi connectivity index (χ2n) is 4.87. The van der Waals surface area contributed by atoms with Gasteiger partial charge < -0.3 is 9.73 Å². The van der Waals surface area contributed by atoms with Gasteiger partial charge in [0.1, 0.15) is 5.58 Å². The van der Waals surface area contributed by atoms with Gasteiger partial charge in [0.2, 0.25) is 0 Å². The highest BCUT2D eigenvalue weighted by Crippen LogP contribution is 2.29. The number of nitrogens with one attached hydrogen (secondary N) is 1. The lowest BCUT2D eigenvalue weighted by Gasteiger charge is -2.29. The number of benzene rings is 1. The van der Waals surface area contributed by atoms with Gasteiger partial charge in [-0.15, -0.1) is 0 Å². The molecule has 0 saturated heterocycles. The number of hydrogen-bond acceptors (Lipinski definition) is 2. The molecule has 1 atom stereocenters. The maximum absolute atomic E-state index is 5.38. The van der Waals surface area contributed by atoms with Crippen molar-refractivity contribution in [3.05, 3.63) is 36.1 Å². The Kier molecular flexibility index (Phi) is 3.53. The molecule has 0 aliphatic heterocycles. The number of rotatable bonds is 5. The molecule has 0 fully saturated rings. The summed E-state index contributed by atoms with van der Waals surface area (Å²) < 4.78 is 5.38. The van der Waals surface area contributed by atoms with Gasteiger partial charge in [0.15, 0.2) is 0 Å². The summed E-state index contributed by atoms with van der Waals surface area (Å²) in [6.45, 7) is 8.75. The normalized spacial score (nSPS) is 15.0. The number of furan rings is 1. The van der Waals surface area contributed by atoms with E-state index in [1.807, 2.05) is 6.07 Å². The molecule has 2 rings (SSSR count). The van der Waals surface area contributed by atoms with Crippen molar-refractivity contribution in [2.24, 2.45) is 0 Å². The molecule has 1 N–H and O–H groups in total. The number of fused-ring (bicyclic) bond motifs is 1. The summed E-state index contributed by atoms with van der Waals surface area (Å²) in [4.78, 5) is 0. The predicted octanol–water partition coefficient (Wildman–Crippen LogP) is 3.71. The predicted molar refractivity (Wildman–Crippen MR) is 72.4 cm³/mol. The molecule has 2 aromatic rings. The molecule has 2 nitrogen and oxygen atoms in total. The Morgan fingerprint density at radius 1 is 1.24 bits per heavy atom. The van der Waals surface area contributed by atoms with Crippen LogP contribution in [0.25, 0.3) is 11.0 Å². The number of likely N-dealkylation sites (N-methyl/N-ethyl adjacent to an activating group) is 1. The Bertz CT molecular complexity index is 488. The third-order valence-corrected chi connectivity index (χ3v) is 3.69. The van der Waals surface area contributed by atoms with Gasteiger partial charge in [-0.3, -0.25) is 0 Å². The van der Waals surface area contributed by atoms with Gasteiger partial charge in [0, 0.05) is 17.3 Å². The summed E-state index contributed by atoms with van der Waals surface area (Å²) in [6.07, 6.45) is 2.88. The van der Waals surface area contributed by atoms with Gasteiger partial charge in [-0.2, -0.15) is 0 Å². The van der Waals surface area contributed by atoms with E-state index in [1.165, 1.54) is 10.9 Å². The van der Waals surface area contributed by atoms with Crippen molar-refractivity contribution in [3.8, 4) is 0 Å². The third-order valence-electron chi connectivity index (χ3n) is 3.69. The van der Waals surface area contributed by atoms with Crippen LogP contribution in [0.5, 0.6) is 0 Å². The molecular formula is C15H21NO. The van der Waals surface area contributed by atoms with Gasteiger partial charge in [0.25, 0.3) is 0 Å². The van der Waals surface area contributed by atoms with Crippen molar-refractivity contribution in [3.63, 3.8) is 0 Å². The topological polar surface area (TPSA) is 25.2 Å². The Morgan fingerprint density at radius 3 is 2.76 bits per heavy atom. The molecule has 17 heavy (non-hydrogen) atoms. The van der Waals surface area contributed by atoms with Crippen molar-refractivity contribution < 1.29 is 4.42 Å². The largest absolute Gasteiger partial charge is 0.464 e. The zero-order valence-corrected chi connectivity index (χ0v) is 10.9. The van der Waals surface area contributed by atoms with Gasteiger partial charge in [-0.1, -0.05) is 26.8 Å². The maximum atomic E-state index is 5.38. The van der Waals surface area contributed by atoms with Crippen LogP contribution in [0, 0.1) is 0 Å². The first-order valence-corrected chi connectivity index (χ1v) is 6.38. The fourth-order valence-electron chi connectivity index (χ4n) is 2.17. The minimum atomic E-state index is 0.196. The van der Waals surface area contributed by atoms with E-state index in [0.29, 0.717) is 0 Å². The van der Waals surface area contributed by atoms with E-state index in [4.69, 9.17) is 4.42 Å². The molecular weight excluding hydrogens is 210 g/mol. The molecule has 0 radical (unpaired) electrons. The summed E-state index contributed by atoms with van der Waals surface area (Å²) in [7, 11) is 0. The quantitative estimate of drug-likeness (QED) is 0.848. The van der Waals surface area contributed by atoms with Crippen molar-refractivity contribution >= 4 is 11.0 Å². The zero-order valence-electron chi connectivity index (χ0n) is 10.9. The molecule has 1 unspecified atom stereocenters. The van der Waals surface area contributed by atoms with Crippen LogP contribution in [0.15, 0.2) is 34.9 Å². The van der Waals surface area contributed by atoms with Gasteiger partial charge in [-0.25, -0.2) is 0 Å². The minimum Gasteiger partial charge on any atom is -0.464 e. The summed E-state index contributed by atoms with van der Waals surface area (Å²) in [6, 6.07) is 8.54. The molecule has 2 heteroatoms. The first kappa shape index (κ1) is 12.2. The maximum Gasteiger partial charge on any atom is 0.133 e. The molecule has 1 aromatic carbocycles. The summed E-state index contributed by atoms with van der Waals surface area (Å²) in [5.74, 6) is 0. The lowest BCUT2D eigenvalue weighted by Crippen LogP contribution is -2.35. The summed E-state index contributed by atoms with van der Waals surface area (Å²) in [5, 5.41) is 4.65. The Hall–Kier alpha value is -1.28. The molecule has 0 bridgehead atoms. The molecule has 0 saturated carbocycles. The van der Waals surface area contributed by atoms with Crippen molar-refractivity contribution in [2.45, 2.75) is 32.6 Å². The van der Waals surface area contributed by atoms with E-state index in [0.717, 1.165) is 25.1 Å². The van der Waals surface area contributed by atoms with E-state index in [9.17, 15) is 0 Å².